The summed E-state index contributed by atoms with van der Waals surface area (Å²) in [6, 6.07) is 9.69. The van der Waals surface area contributed by atoms with E-state index in [9.17, 15) is 9.59 Å². The maximum Gasteiger partial charge on any atom is 0.315 e. The molecule has 4 heterocycles. The molecule has 0 spiro atoms. The second-order valence-electron chi connectivity index (χ2n) is 8.50. The first-order valence-corrected chi connectivity index (χ1v) is 11.0. The normalized spacial score (nSPS) is 26.8. The molecule has 0 bridgehead atoms. The third-order valence-electron chi connectivity index (χ3n) is 6.42. The van der Waals surface area contributed by atoms with Gasteiger partial charge in [-0.3, -0.25) is 14.8 Å². The van der Waals surface area contributed by atoms with Gasteiger partial charge in [-0.25, -0.2) is 4.79 Å². The Morgan fingerprint density at radius 2 is 1.56 bits per heavy atom. The van der Waals surface area contributed by atoms with Gasteiger partial charge in [0.2, 0.25) is 5.91 Å². The molecule has 3 N–H and O–H groups in total. The zero-order valence-corrected chi connectivity index (χ0v) is 17.8. The highest BCUT2D eigenvalue weighted by atomic mass is 16.2. The lowest BCUT2D eigenvalue weighted by Crippen LogP contribution is -2.42. The van der Waals surface area contributed by atoms with Crippen molar-refractivity contribution in [3.05, 3.63) is 54.1 Å². The van der Waals surface area contributed by atoms with E-state index in [-0.39, 0.29) is 35.9 Å². The maximum atomic E-state index is 11.9. The van der Waals surface area contributed by atoms with Crippen molar-refractivity contribution in [1.82, 2.24) is 20.6 Å². The van der Waals surface area contributed by atoms with Gasteiger partial charge in [0.1, 0.15) is 0 Å². The number of fused-ring (bicyclic) bond motifs is 2. The molecule has 9 nitrogen and oxygen atoms in total. The molecule has 3 amide bonds. The zero-order chi connectivity index (χ0) is 22.1. The number of pyridine rings is 2. The van der Waals surface area contributed by atoms with Gasteiger partial charge in [-0.2, -0.15) is 10.2 Å². The molecule has 2 aliphatic heterocycles. The van der Waals surface area contributed by atoms with E-state index in [0.29, 0.717) is 5.69 Å². The van der Waals surface area contributed by atoms with Crippen molar-refractivity contribution in [2.75, 3.05) is 5.32 Å². The molecular formula is C23H25N7O2. The van der Waals surface area contributed by atoms with E-state index in [1.165, 1.54) is 6.92 Å². The van der Waals surface area contributed by atoms with Crippen LogP contribution in [-0.2, 0) is 4.79 Å². The number of carbonyl (C=O) groups excluding carboxylic acids is 2. The number of hydrogen-bond donors (Lipinski definition) is 3. The SMILES string of the molecule is CC(=O)Nc1ccc(C2=NN=C(c3ccccn3)C3CCC4NC(=O)NC4CCC23)nc1. The van der Waals surface area contributed by atoms with Crippen molar-refractivity contribution in [2.45, 2.75) is 44.7 Å². The first kappa shape index (κ1) is 20.3. The average molecular weight is 432 g/mol. The quantitative estimate of drug-likeness (QED) is 0.691. The van der Waals surface area contributed by atoms with Crippen LogP contribution in [0, 0.1) is 11.8 Å². The molecule has 2 fully saturated rings. The molecule has 1 saturated carbocycles. The summed E-state index contributed by atoms with van der Waals surface area (Å²) in [6.45, 7) is 1.47. The lowest BCUT2D eigenvalue weighted by Gasteiger charge is -2.35. The lowest BCUT2D eigenvalue weighted by molar-refractivity contribution is -0.114. The van der Waals surface area contributed by atoms with E-state index < -0.39 is 0 Å². The van der Waals surface area contributed by atoms with Crippen molar-refractivity contribution >= 4 is 29.0 Å². The van der Waals surface area contributed by atoms with E-state index in [1.54, 1.807) is 12.4 Å². The van der Waals surface area contributed by atoms with E-state index in [2.05, 4.69) is 36.1 Å². The fourth-order valence-electron chi connectivity index (χ4n) is 4.98. The van der Waals surface area contributed by atoms with Gasteiger partial charge in [-0.1, -0.05) is 6.07 Å². The Morgan fingerprint density at radius 1 is 0.906 bits per heavy atom. The largest absolute Gasteiger partial charge is 0.333 e. The van der Waals surface area contributed by atoms with E-state index >= 15 is 0 Å². The van der Waals surface area contributed by atoms with Crippen LogP contribution in [0.25, 0.3) is 0 Å². The van der Waals surface area contributed by atoms with Gasteiger partial charge in [0.15, 0.2) is 0 Å². The van der Waals surface area contributed by atoms with E-state index in [4.69, 9.17) is 0 Å². The molecule has 0 aromatic carbocycles. The van der Waals surface area contributed by atoms with Gasteiger partial charge in [-0.15, -0.1) is 0 Å². The van der Waals surface area contributed by atoms with Crippen molar-refractivity contribution in [3.63, 3.8) is 0 Å². The third-order valence-corrected chi connectivity index (χ3v) is 6.42. The first-order valence-electron chi connectivity index (χ1n) is 11.0. The molecular weight excluding hydrogens is 406 g/mol. The fourth-order valence-corrected chi connectivity index (χ4v) is 4.98. The minimum absolute atomic E-state index is 0.0902. The summed E-state index contributed by atoms with van der Waals surface area (Å²) in [6.07, 6.45) is 6.85. The van der Waals surface area contributed by atoms with E-state index in [0.717, 1.165) is 48.5 Å². The number of rotatable bonds is 3. The highest BCUT2D eigenvalue weighted by molar-refractivity contribution is 6.10. The maximum absolute atomic E-state index is 11.9. The molecule has 5 rings (SSSR count). The summed E-state index contributed by atoms with van der Waals surface area (Å²) >= 11 is 0. The van der Waals surface area contributed by atoms with Crippen LogP contribution >= 0.6 is 0 Å². The molecule has 3 aliphatic rings. The van der Waals surface area contributed by atoms with Gasteiger partial charge < -0.3 is 16.0 Å². The van der Waals surface area contributed by atoms with Crippen molar-refractivity contribution < 1.29 is 9.59 Å². The first-order chi connectivity index (χ1) is 15.6. The fraction of sp³-hybridized carbons (Fsp3) is 0.391. The number of nitrogens with zero attached hydrogens (tertiary/aromatic N) is 4. The van der Waals surface area contributed by atoms with Gasteiger partial charge in [0.25, 0.3) is 0 Å². The summed E-state index contributed by atoms with van der Waals surface area (Å²) in [5.74, 6) is 0.107. The number of nitrogens with one attached hydrogen (secondary N) is 3. The van der Waals surface area contributed by atoms with Crippen LogP contribution in [0.1, 0.15) is 44.0 Å². The zero-order valence-electron chi connectivity index (χ0n) is 17.8. The molecule has 2 aromatic rings. The Labute approximate surface area is 185 Å². The summed E-state index contributed by atoms with van der Waals surface area (Å²) < 4.78 is 0. The molecule has 1 saturated heterocycles. The standard InChI is InChI=1S/C23H25N7O2/c1-13(31)26-14-5-8-20(25-12-14)22-16-7-10-18-17(27-23(32)28-18)9-6-15(16)21(29-30-22)19-4-2-3-11-24-19/h2-5,8,11-12,15-18H,6-7,9-10H2,1H3,(H,26,31)(H2,27,28,32). The summed E-state index contributed by atoms with van der Waals surface area (Å²) in [4.78, 5) is 32.3. The van der Waals surface area contributed by atoms with Crippen LogP contribution in [0.2, 0.25) is 0 Å². The minimum atomic E-state index is -0.138. The van der Waals surface area contributed by atoms with Crippen LogP contribution in [0.3, 0.4) is 0 Å². The molecule has 164 valence electrons. The topological polar surface area (TPSA) is 121 Å². The number of anilines is 1. The van der Waals surface area contributed by atoms with Gasteiger partial charge in [-0.05, 0) is 49.9 Å². The Morgan fingerprint density at radius 3 is 2.09 bits per heavy atom. The number of aromatic nitrogens is 2. The van der Waals surface area contributed by atoms with Gasteiger partial charge in [0.05, 0.1) is 46.8 Å². The van der Waals surface area contributed by atoms with Crippen LogP contribution in [-0.4, -0.2) is 45.4 Å². The van der Waals surface area contributed by atoms with Crippen LogP contribution < -0.4 is 16.0 Å². The van der Waals surface area contributed by atoms with Crippen molar-refractivity contribution in [2.24, 2.45) is 22.0 Å². The highest BCUT2D eigenvalue weighted by Crippen LogP contribution is 2.36. The second-order valence-corrected chi connectivity index (χ2v) is 8.50. The lowest BCUT2D eigenvalue weighted by atomic mass is 9.73. The molecule has 32 heavy (non-hydrogen) atoms. The number of urea groups is 1. The molecule has 4 unspecified atom stereocenters. The van der Waals surface area contributed by atoms with Crippen LogP contribution in [0.4, 0.5) is 10.5 Å². The Bertz CT molecular complexity index is 1080. The summed E-state index contributed by atoms with van der Waals surface area (Å²) in [5.41, 5.74) is 3.98. The molecule has 4 atom stereocenters. The Balaban J connectivity index is 1.50. The molecule has 9 heteroatoms. The Hall–Kier alpha value is -3.62. The summed E-state index contributed by atoms with van der Waals surface area (Å²) in [7, 11) is 0. The second kappa shape index (κ2) is 8.49. The van der Waals surface area contributed by atoms with Gasteiger partial charge in [0, 0.05) is 25.0 Å². The minimum Gasteiger partial charge on any atom is -0.333 e. The smallest absolute Gasteiger partial charge is 0.315 e. The van der Waals surface area contributed by atoms with Crippen LogP contribution in [0.15, 0.2) is 52.9 Å². The molecule has 0 radical (unpaired) electrons. The van der Waals surface area contributed by atoms with Crippen molar-refractivity contribution in [1.29, 1.82) is 0 Å². The number of hydrogen-bond acceptors (Lipinski definition) is 6. The van der Waals surface area contributed by atoms with Gasteiger partial charge >= 0.3 is 6.03 Å². The molecule has 2 aromatic heterocycles. The number of carbonyl (C=O) groups is 2. The summed E-state index contributed by atoms with van der Waals surface area (Å²) in [5, 5.41) is 18.1. The highest BCUT2D eigenvalue weighted by Gasteiger charge is 2.41. The Kier molecular flexibility index (Phi) is 5.38. The number of amides is 3. The third kappa shape index (κ3) is 3.98. The average Bonchev–Trinajstić information content (AvgIpc) is 3.14. The van der Waals surface area contributed by atoms with Crippen molar-refractivity contribution in [3.8, 4) is 0 Å². The monoisotopic (exact) mass is 431 g/mol. The van der Waals surface area contributed by atoms with E-state index in [1.807, 2.05) is 30.3 Å². The predicted octanol–water partition coefficient (Wildman–Crippen LogP) is 2.50. The van der Waals surface area contributed by atoms with Crippen LogP contribution in [0.5, 0.6) is 0 Å². The predicted molar refractivity (Wildman–Crippen MR) is 121 cm³/mol. The molecule has 1 aliphatic carbocycles.